The van der Waals surface area contributed by atoms with Gasteiger partial charge in [-0.1, -0.05) is 29.8 Å². The fourth-order valence-electron chi connectivity index (χ4n) is 2.64. The van der Waals surface area contributed by atoms with Crippen molar-refractivity contribution in [3.05, 3.63) is 63.2 Å². The third kappa shape index (κ3) is 5.82. The Morgan fingerprint density at radius 2 is 2.04 bits per heavy atom. The van der Waals surface area contributed by atoms with E-state index in [4.69, 9.17) is 25.5 Å². The van der Waals surface area contributed by atoms with Crippen molar-refractivity contribution in [2.24, 2.45) is 0 Å². The number of hydrogen-bond acceptors (Lipinski definition) is 6. The Kier molecular flexibility index (Phi) is 6.86. The van der Waals surface area contributed by atoms with Crippen LogP contribution in [0.3, 0.4) is 0 Å². The van der Waals surface area contributed by atoms with Crippen molar-refractivity contribution < 1.29 is 18.7 Å². The Hall–Kier alpha value is -2.35. The summed E-state index contributed by atoms with van der Waals surface area (Å²) < 4.78 is 16.0. The molecule has 0 spiro atoms. The minimum Gasteiger partial charge on any atom is -0.477 e. The number of amides is 1. The van der Waals surface area contributed by atoms with Crippen LogP contribution in [0.25, 0.3) is 0 Å². The number of benzene rings is 1. The molecule has 1 amide bonds. The van der Waals surface area contributed by atoms with E-state index in [0.29, 0.717) is 30.5 Å². The van der Waals surface area contributed by atoms with Crippen LogP contribution in [0.2, 0.25) is 5.02 Å². The molecule has 1 N–H and O–H groups in total. The highest BCUT2D eigenvalue weighted by Crippen LogP contribution is 2.14. The lowest BCUT2D eigenvalue weighted by atomic mass is 10.2. The summed E-state index contributed by atoms with van der Waals surface area (Å²) >= 11 is 6.04. The smallest absolute Gasteiger partial charge is 0.258 e. The summed E-state index contributed by atoms with van der Waals surface area (Å²) in [7, 11) is 0. The normalized spacial score (nSPS) is 14.7. The number of rotatable bonds is 7. The highest BCUT2D eigenvalue weighted by molar-refractivity contribution is 6.31. The average molecular weight is 393 g/mol. The lowest BCUT2D eigenvalue weighted by Gasteiger charge is -2.25. The lowest BCUT2D eigenvalue weighted by molar-refractivity contribution is -0.123. The fourth-order valence-corrected chi connectivity index (χ4v) is 2.84. The highest BCUT2D eigenvalue weighted by atomic mass is 35.5. The van der Waals surface area contributed by atoms with Gasteiger partial charge in [0.1, 0.15) is 12.0 Å². The van der Waals surface area contributed by atoms with Crippen LogP contribution in [0.15, 0.2) is 45.8 Å². The molecule has 0 aliphatic carbocycles. The minimum atomic E-state index is -0.355. The first-order valence-electron chi connectivity index (χ1n) is 8.66. The molecule has 1 saturated heterocycles. The van der Waals surface area contributed by atoms with Gasteiger partial charge in [-0.2, -0.15) is 0 Å². The van der Waals surface area contributed by atoms with E-state index in [2.05, 4.69) is 10.2 Å². The summed E-state index contributed by atoms with van der Waals surface area (Å²) in [5.74, 6) is 0.206. The Morgan fingerprint density at radius 1 is 1.26 bits per heavy atom. The summed E-state index contributed by atoms with van der Waals surface area (Å²) in [6, 6.07) is 8.63. The first kappa shape index (κ1) is 19.4. The van der Waals surface area contributed by atoms with Gasteiger partial charge in [0.05, 0.1) is 19.8 Å². The maximum Gasteiger partial charge on any atom is 0.258 e. The molecule has 144 valence electrons. The third-order valence-corrected chi connectivity index (χ3v) is 4.50. The molecule has 1 aliphatic rings. The van der Waals surface area contributed by atoms with E-state index in [1.807, 2.05) is 18.2 Å². The average Bonchev–Trinajstić information content (AvgIpc) is 2.67. The summed E-state index contributed by atoms with van der Waals surface area (Å²) in [4.78, 5) is 26.2. The van der Waals surface area contributed by atoms with Crippen LogP contribution in [0.4, 0.5) is 0 Å². The van der Waals surface area contributed by atoms with Gasteiger partial charge in [-0.25, -0.2) is 0 Å². The number of halogens is 1. The van der Waals surface area contributed by atoms with Crippen LogP contribution >= 0.6 is 11.6 Å². The van der Waals surface area contributed by atoms with Gasteiger partial charge in [-0.3, -0.25) is 14.5 Å². The van der Waals surface area contributed by atoms with Gasteiger partial charge in [-0.15, -0.1) is 0 Å². The van der Waals surface area contributed by atoms with E-state index in [1.165, 1.54) is 12.3 Å². The van der Waals surface area contributed by atoms with Crippen LogP contribution in [0.1, 0.15) is 11.3 Å². The van der Waals surface area contributed by atoms with Crippen molar-refractivity contribution in [1.29, 1.82) is 0 Å². The van der Waals surface area contributed by atoms with E-state index in [9.17, 15) is 9.59 Å². The van der Waals surface area contributed by atoms with Crippen molar-refractivity contribution in [3.63, 3.8) is 0 Å². The minimum absolute atomic E-state index is 0.00798. The molecule has 27 heavy (non-hydrogen) atoms. The van der Waals surface area contributed by atoms with Gasteiger partial charge in [0.2, 0.25) is 11.2 Å². The van der Waals surface area contributed by atoms with Crippen LogP contribution in [-0.4, -0.2) is 43.7 Å². The number of hydrogen-bond donors (Lipinski definition) is 1. The second-order valence-corrected chi connectivity index (χ2v) is 6.53. The maximum atomic E-state index is 12.1. The molecule has 3 rings (SSSR count). The molecule has 0 bridgehead atoms. The van der Waals surface area contributed by atoms with Crippen molar-refractivity contribution in [2.75, 3.05) is 32.9 Å². The van der Waals surface area contributed by atoms with Crippen LogP contribution in [-0.2, 0) is 22.6 Å². The maximum absolute atomic E-state index is 12.1. The van der Waals surface area contributed by atoms with Gasteiger partial charge in [0.25, 0.3) is 5.91 Å². The predicted molar refractivity (Wildman–Crippen MR) is 99.9 cm³/mol. The van der Waals surface area contributed by atoms with Crippen molar-refractivity contribution in [3.8, 4) is 5.75 Å². The number of ether oxygens (including phenoxy) is 2. The molecule has 7 nitrogen and oxygen atoms in total. The molecular weight excluding hydrogens is 372 g/mol. The largest absolute Gasteiger partial charge is 0.477 e. The van der Waals surface area contributed by atoms with E-state index in [-0.39, 0.29) is 30.2 Å². The Labute approximate surface area is 161 Å². The fraction of sp³-hybridized carbons (Fsp3) is 0.368. The van der Waals surface area contributed by atoms with Gasteiger partial charge < -0.3 is 19.2 Å². The second-order valence-electron chi connectivity index (χ2n) is 6.12. The highest BCUT2D eigenvalue weighted by Gasteiger charge is 2.14. The number of nitrogens with zero attached hydrogens (tertiary/aromatic N) is 1. The summed E-state index contributed by atoms with van der Waals surface area (Å²) in [5, 5.41) is 3.27. The van der Waals surface area contributed by atoms with Crippen molar-refractivity contribution in [1.82, 2.24) is 10.2 Å². The first-order valence-corrected chi connectivity index (χ1v) is 9.04. The van der Waals surface area contributed by atoms with Gasteiger partial charge in [0.15, 0.2) is 6.61 Å². The van der Waals surface area contributed by atoms with Gasteiger partial charge in [-0.05, 0) is 11.6 Å². The van der Waals surface area contributed by atoms with Crippen LogP contribution in [0, 0.1) is 0 Å². The number of carbonyl (C=O) groups excluding carboxylic acids is 1. The molecule has 2 heterocycles. The monoisotopic (exact) mass is 392 g/mol. The molecule has 0 radical (unpaired) electrons. The molecule has 1 aromatic carbocycles. The number of nitrogens with one attached hydrogen (secondary N) is 1. The molecule has 1 aromatic heterocycles. The van der Waals surface area contributed by atoms with Crippen molar-refractivity contribution in [2.45, 2.75) is 13.1 Å². The van der Waals surface area contributed by atoms with E-state index in [1.54, 1.807) is 6.07 Å². The molecule has 1 fully saturated rings. The molecule has 1 aliphatic heterocycles. The summed E-state index contributed by atoms with van der Waals surface area (Å²) in [6.07, 6.45) is 1.25. The molecule has 0 atom stereocenters. The van der Waals surface area contributed by atoms with Crippen molar-refractivity contribution >= 4 is 17.5 Å². The molecule has 2 aromatic rings. The SMILES string of the molecule is O=C(COc1coc(CN2CCOCC2)cc1=O)NCc1ccccc1Cl. The van der Waals surface area contributed by atoms with Crippen LogP contribution < -0.4 is 15.5 Å². The quantitative estimate of drug-likeness (QED) is 0.774. The van der Waals surface area contributed by atoms with E-state index < -0.39 is 0 Å². The predicted octanol–water partition coefficient (Wildman–Crippen LogP) is 1.82. The Bertz CT molecular complexity index is 833. The Balaban J connectivity index is 1.48. The topological polar surface area (TPSA) is 81.0 Å². The first-order chi connectivity index (χ1) is 13.1. The Morgan fingerprint density at radius 3 is 2.78 bits per heavy atom. The van der Waals surface area contributed by atoms with E-state index in [0.717, 1.165) is 18.7 Å². The molecule has 0 saturated carbocycles. The summed E-state index contributed by atoms with van der Waals surface area (Å²) in [6.45, 7) is 3.49. The third-order valence-electron chi connectivity index (χ3n) is 4.13. The second kappa shape index (κ2) is 9.55. The van der Waals surface area contributed by atoms with Gasteiger partial charge >= 0.3 is 0 Å². The molecule has 0 unspecified atom stereocenters. The van der Waals surface area contributed by atoms with Crippen LogP contribution in [0.5, 0.6) is 5.75 Å². The zero-order chi connectivity index (χ0) is 19.1. The molecular formula is C19H21ClN2O5. The zero-order valence-corrected chi connectivity index (χ0v) is 15.5. The number of carbonyl (C=O) groups is 1. The summed E-state index contributed by atoms with van der Waals surface area (Å²) in [5.41, 5.74) is 0.489. The van der Waals surface area contributed by atoms with E-state index >= 15 is 0 Å². The number of morpholine rings is 1. The molecule has 8 heteroatoms. The van der Waals surface area contributed by atoms with Gasteiger partial charge in [0, 0.05) is 30.7 Å². The lowest BCUT2D eigenvalue weighted by Crippen LogP contribution is -2.35. The standard InChI is InChI=1S/C19H21ClN2O5/c20-16-4-2-1-3-14(16)10-21-19(24)13-27-18-12-26-15(9-17(18)23)11-22-5-7-25-8-6-22/h1-4,9,12H,5-8,10-11,13H2,(H,21,24). The zero-order valence-electron chi connectivity index (χ0n) is 14.8.